The summed E-state index contributed by atoms with van der Waals surface area (Å²) in [5, 5.41) is 0. The van der Waals surface area contributed by atoms with Crippen molar-refractivity contribution in [3.8, 4) is 0 Å². The smallest absolute Gasteiger partial charge is 0.0935 e. The largest absolute Gasteiger partial charge is 0.387 e. The fourth-order valence-electron chi connectivity index (χ4n) is 0.468. The van der Waals surface area contributed by atoms with Crippen LogP contribution in [0.4, 0.5) is 0 Å². The van der Waals surface area contributed by atoms with Gasteiger partial charge in [-0.3, -0.25) is 4.99 Å². The molecule has 0 saturated heterocycles. The fraction of sp³-hybridized carbons (Fsp3) is 0.875. The lowest BCUT2D eigenvalue weighted by Crippen LogP contribution is -2.28. The van der Waals surface area contributed by atoms with Crippen LogP contribution in [0.2, 0.25) is 0 Å². The number of nitrogens with two attached hydrogens (primary N) is 1. The number of hydrogen-bond acceptors (Lipinski definition) is 2. The topological polar surface area (TPSA) is 47.6 Å². The summed E-state index contributed by atoms with van der Waals surface area (Å²) < 4.78 is 5.17. The maximum absolute atomic E-state index is 5.53. The Balaban J connectivity index is 3.86. The van der Waals surface area contributed by atoms with Crippen LogP contribution in [0.15, 0.2) is 4.99 Å². The first-order chi connectivity index (χ1) is 5.02. The minimum Gasteiger partial charge on any atom is -0.387 e. The van der Waals surface area contributed by atoms with Gasteiger partial charge in [0, 0.05) is 13.5 Å². The van der Waals surface area contributed by atoms with Crippen LogP contribution in [0.25, 0.3) is 0 Å². The van der Waals surface area contributed by atoms with Gasteiger partial charge in [-0.15, -0.1) is 0 Å². The second-order valence-corrected chi connectivity index (χ2v) is 3.12. The quantitative estimate of drug-likeness (QED) is 0.493. The molecular weight excluding hydrogens is 140 g/mol. The van der Waals surface area contributed by atoms with Gasteiger partial charge in [-0.1, -0.05) is 6.92 Å². The van der Waals surface area contributed by atoms with Crippen molar-refractivity contribution in [2.45, 2.75) is 32.8 Å². The van der Waals surface area contributed by atoms with E-state index in [2.05, 4.69) is 4.99 Å². The third kappa shape index (κ3) is 4.79. The van der Waals surface area contributed by atoms with Gasteiger partial charge < -0.3 is 10.5 Å². The molecule has 0 bridgehead atoms. The lowest BCUT2D eigenvalue weighted by atomic mass is 10.1. The zero-order valence-electron chi connectivity index (χ0n) is 7.85. The molecule has 66 valence electrons. The van der Waals surface area contributed by atoms with E-state index in [1.807, 2.05) is 20.8 Å². The Morgan fingerprint density at radius 1 is 1.55 bits per heavy atom. The highest BCUT2D eigenvalue weighted by molar-refractivity contribution is 5.79. The van der Waals surface area contributed by atoms with Gasteiger partial charge in [-0.05, 0) is 13.8 Å². The predicted molar refractivity (Wildman–Crippen MR) is 47.9 cm³/mol. The first-order valence-corrected chi connectivity index (χ1v) is 3.86. The summed E-state index contributed by atoms with van der Waals surface area (Å²) >= 11 is 0. The van der Waals surface area contributed by atoms with Crippen molar-refractivity contribution in [2.24, 2.45) is 10.7 Å². The summed E-state index contributed by atoms with van der Waals surface area (Å²) in [6.45, 7) is 6.58. The van der Waals surface area contributed by atoms with E-state index in [0.717, 1.165) is 6.42 Å². The number of nitrogens with zero attached hydrogens (tertiary/aromatic N) is 1. The second kappa shape index (κ2) is 4.34. The Hall–Kier alpha value is -0.570. The average molecular weight is 158 g/mol. The van der Waals surface area contributed by atoms with Crippen LogP contribution in [0.1, 0.15) is 27.2 Å². The fourth-order valence-corrected chi connectivity index (χ4v) is 0.468. The van der Waals surface area contributed by atoms with E-state index in [4.69, 9.17) is 10.5 Å². The van der Waals surface area contributed by atoms with Crippen molar-refractivity contribution in [2.75, 3.05) is 13.7 Å². The first-order valence-electron chi connectivity index (χ1n) is 3.86. The summed E-state index contributed by atoms with van der Waals surface area (Å²) in [6.07, 6.45) is 0.805. The van der Waals surface area contributed by atoms with Gasteiger partial charge >= 0.3 is 0 Å². The molecule has 2 N–H and O–H groups in total. The SMILES string of the molecule is CCC(N)=NCC(C)(C)OC. The summed E-state index contributed by atoms with van der Waals surface area (Å²) in [6, 6.07) is 0. The molecule has 0 aliphatic rings. The molecule has 0 radical (unpaired) electrons. The molecule has 0 saturated carbocycles. The molecule has 0 heterocycles. The Kier molecular flexibility index (Phi) is 4.11. The van der Waals surface area contributed by atoms with Crippen LogP contribution in [-0.4, -0.2) is 25.1 Å². The monoisotopic (exact) mass is 158 g/mol. The molecule has 0 aromatic rings. The average Bonchev–Trinajstić information content (AvgIpc) is 2.00. The van der Waals surface area contributed by atoms with E-state index in [1.165, 1.54) is 0 Å². The number of hydrogen-bond donors (Lipinski definition) is 1. The van der Waals surface area contributed by atoms with E-state index in [1.54, 1.807) is 7.11 Å². The van der Waals surface area contributed by atoms with Gasteiger partial charge in [-0.2, -0.15) is 0 Å². The van der Waals surface area contributed by atoms with Crippen LogP contribution in [0.5, 0.6) is 0 Å². The highest BCUT2D eigenvalue weighted by Crippen LogP contribution is 2.06. The van der Waals surface area contributed by atoms with Crippen LogP contribution < -0.4 is 5.73 Å². The summed E-state index contributed by atoms with van der Waals surface area (Å²) in [4.78, 5) is 4.15. The molecule has 0 aromatic carbocycles. The summed E-state index contributed by atoms with van der Waals surface area (Å²) in [5.41, 5.74) is 5.33. The molecule has 0 aliphatic carbocycles. The van der Waals surface area contributed by atoms with Crippen molar-refractivity contribution in [3.63, 3.8) is 0 Å². The Morgan fingerprint density at radius 2 is 2.09 bits per heavy atom. The summed E-state index contributed by atoms with van der Waals surface area (Å²) in [7, 11) is 1.68. The Labute approximate surface area is 68.6 Å². The number of rotatable bonds is 4. The molecular formula is C8H18N2O. The van der Waals surface area contributed by atoms with Crippen molar-refractivity contribution >= 4 is 5.84 Å². The lowest BCUT2D eigenvalue weighted by molar-refractivity contribution is 0.0311. The minimum atomic E-state index is -0.195. The molecule has 11 heavy (non-hydrogen) atoms. The molecule has 0 aliphatic heterocycles. The molecule has 0 fully saturated rings. The number of ether oxygens (including phenoxy) is 1. The zero-order chi connectivity index (χ0) is 8.91. The molecule has 0 aromatic heterocycles. The van der Waals surface area contributed by atoms with Crippen molar-refractivity contribution in [3.05, 3.63) is 0 Å². The molecule has 3 heteroatoms. The van der Waals surface area contributed by atoms with Gasteiger partial charge in [-0.25, -0.2) is 0 Å². The zero-order valence-corrected chi connectivity index (χ0v) is 7.85. The Morgan fingerprint density at radius 3 is 2.45 bits per heavy atom. The van der Waals surface area contributed by atoms with Crippen LogP contribution >= 0.6 is 0 Å². The van der Waals surface area contributed by atoms with E-state index in [9.17, 15) is 0 Å². The summed E-state index contributed by atoms with van der Waals surface area (Å²) in [5.74, 6) is 0.690. The predicted octanol–water partition coefficient (Wildman–Crippen LogP) is 1.18. The van der Waals surface area contributed by atoms with E-state index in [-0.39, 0.29) is 5.60 Å². The van der Waals surface area contributed by atoms with Gasteiger partial charge in [0.15, 0.2) is 0 Å². The first kappa shape index (κ1) is 10.4. The van der Waals surface area contributed by atoms with E-state index >= 15 is 0 Å². The standard InChI is InChI=1S/C8H18N2O/c1-5-7(9)10-6-8(2,3)11-4/h5-6H2,1-4H3,(H2,9,10). The van der Waals surface area contributed by atoms with Gasteiger partial charge in [0.25, 0.3) is 0 Å². The van der Waals surface area contributed by atoms with Gasteiger partial charge in [0.05, 0.1) is 18.0 Å². The van der Waals surface area contributed by atoms with Gasteiger partial charge in [0.1, 0.15) is 0 Å². The maximum Gasteiger partial charge on any atom is 0.0935 e. The second-order valence-electron chi connectivity index (χ2n) is 3.12. The lowest BCUT2D eigenvalue weighted by Gasteiger charge is -2.20. The van der Waals surface area contributed by atoms with E-state index in [0.29, 0.717) is 12.4 Å². The third-order valence-electron chi connectivity index (χ3n) is 1.58. The van der Waals surface area contributed by atoms with Crippen LogP contribution in [-0.2, 0) is 4.74 Å². The van der Waals surface area contributed by atoms with Crippen molar-refractivity contribution < 1.29 is 4.74 Å². The molecule has 0 atom stereocenters. The van der Waals surface area contributed by atoms with E-state index < -0.39 is 0 Å². The van der Waals surface area contributed by atoms with Crippen LogP contribution in [0.3, 0.4) is 0 Å². The minimum absolute atomic E-state index is 0.195. The third-order valence-corrected chi connectivity index (χ3v) is 1.58. The molecule has 0 rings (SSSR count). The normalized spacial score (nSPS) is 13.6. The number of aliphatic imine (C=N–C) groups is 1. The Bertz CT molecular complexity index is 141. The molecule has 0 unspecified atom stereocenters. The molecule has 0 amide bonds. The highest BCUT2D eigenvalue weighted by atomic mass is 16.5. The van der Waals surface area contributed by atoms with Crippen LogP contribution in [0, 0.1) is 0 Å². The number of methoxy groups -OCH3 is 1. The van der Waals surface area contributed by atoms with Gasteiger partial charge in [0.2, 0.25) is 0 Å². The maximum atomic E-state index is 5.53. The van der Waals surface area contributed by atoms with Crippen molar-refractivity contribution in [1.29, 1.82) is 0 Å². The molecule has 3 nitrogen and oxygen atoms in total. The highest BCUT2D eigenvalue weighted by Gasteiger charge is 2.14. The van der Waals surface area contributed by atoms with Crippen molar-refractivity contribution in [1.82, 2.24) is 0 Å². The molecule has 0 spiro atoms. The number of amidine groups is 1.